The van der Waals surface area contributed by atoms with Crippen LogP contribution in [0.25, 0.3) is 0 Å². The predicted octanol–water partition coefficient (Wildman–Crippen LogP) is 4.88. The number of hydrogen-bond acceptors (Lipinski definition) is 2. The molecule has 0 amide bonds. The molecule has 0 saturated heterocycles. The quantitative estimate of drug-likeness (QED) is 0.738. The molecule has 1 saturated carbocycles. The highest BCUT2D eigenvalue weighted by Crippen LogP contribution is 2.28. The van der Waals surface area contributed by atoms with Crippen molar-refractivity contribution in [2.75, 3.05) is 0 Å². The Kier molecular flexibility index (Phi) is 5.02. The van der Waals surface area contributed by atoms with Gasteiger partial charge in [0.1, 0.15) is 0 Å². The lowest BCUT2D eigenvalue weighted by Gasteiger charge is -2.21. The normalized spacial score (nSPS) is 15.3. The number of carbonyl (C=O) groups excluding carboxylic acids is 2. The fraction of sp³-hybridized carbons (Fsp3) is 0.333. The molecule has 1 fully saturated rings. The number of Topliss-reactive ketones (excluding diaryl/α,β-unsaturated/α-hetero) is 2. The third kappa shape index (κ3) is 3.76. The molecule has 0 heterocycles. The van der Waals surface area contributed by atoms with Gasteiger partial charge in [-0.25, -0.2) is 0 Å². The molecule has 3 rings (SSSR count). The number of ketones is 2. The molecule has 0 aromatic heterocycles. The molecule has 0 atom stereocenters. The van der Waals surface area contributed by atoms with Crippen LogP contribution in [0.1, 0.15) is 58.4 Å². The van der Waals surface area contributed by atoms with E-state index in [0.717, 1.165) is 36.8 Å². The van der Waals surface area contributed by atoms with E-state index in [1.165, 1.54) is 6.42 Å². The zero-order valence-corrected chi connectivity index (χ0v) is 13.3. The van der Waals surface area contributed by atoms with Crippen molar-refractivity contribution in [3.63, 3.8) is 0 Å². The summed E-state index contributed by atoms with van der Waals surface area (Å²) in [4.78, 5) is 25.3. The zero-order valence-electron chi connectivity index (χ0n) is 13.3. The van der Waals surface area contributed by atoms with Crippen molar-refractivity contribution in [2.45, 2.75) is 38.5 Å². The highest BCUT2D eigenvalue weighted by molar-refractivity contribution is 6.02. The standard InChI is InChI=1S/C21H22O2/c22-20(16-9-3-1-4-10-16)15-18-13-7-8-14-19(18)21(23)17-11-5-2-6-12-17/h1,3-4,7-10,13-14,17H,2,5-6,11-12,15H2. The predicted molar refractivity (Wildman–Crippen MR) is 91.8 cm³/mol. The van der Waals surface area contributed by atoms with E-state index in [-0.39, 0.29) is 17.5 Å². The van der Waals surface area contributed by atoms with Gasteiger partial charge in [0.25, 0.3) is 0 Å². The third-order valence-electron chi connectivity index (χ3n) is 4.71. The lowest BCUT2D eigenvalue weighted by molar-refractivity contribution is 0.0888. The fourth-order valence-corrected chi connectivity index (χ4v) is 3.40. The summed E-state index contributed by atoms with van der Waals surface area (Å²) in [5, 5.41) is 0. The SMILES string of the molecule is O=C(Cc1ccccc1C(=O)C1CCCCC1)c1ccccc1. The summed E-state index contributed by atoms with van der Waals surface area (Å²) in [7, 11) is 0. The maximum atomic E-state index is 12.8. The molecule has 0 radical (unpaired) electrons. The first kappa shape index (κ1) is 15.7. The van der Waals surface area contributed by atoms with Crippen LogP contribution in [0.15, 0.2) is 54.6 Å². The maximum absolute atomic E-state index is 12.8. The summed E-state index contributed by atoms with van der Waals surface area (Å²) in [6, 6.07) is 16.9. The van der Waals surface area contributed by atoms with Crippen LogP contribution in [0.5, 0.6) is 0 Å². The Hall–Kier alpha value is -2.22. The van der Waals surface area contributed by atoms with Crippen LogP contribution in [0.3, 0.4) is 0 Å². The van der Waals surface area contributed by atoms with Crippen LogP contribution in [0.2, 0.25) is 0 Å². The van der Waals surface area contributed by atoms with Gasteiger partial charge in [-0.1, -0.05) is 73.9 Å². The van der Waals surface area contributed by atoms with Crippen LogP contribution >= 0.6 is 0 Å². The molecule has 2 aromatic carbocycles. The Morgan fingerprint density at radius 3 is 2.22 bits per heavy atom. The fourth-order valence-electron chi connectivity index (χ4n) is 3.40. The minimum absolute atomic E-state index is 0.0643. The van der Waals surface area contributed by atoms with E-state index in [1.807, 2.05) is 54.6 Å². The Morgan fingerprint density at radius 2 is 1.48 bits per heavy atom. The second kappa shape index (κ2) is 7.36. The van der Waals surface area contributed by atoms with Crippen LogP contribution in [0, 0.1) is 5.92 Å². The molecule has 0 aliphatic heterocycles. The average Bonchev–Trinajstić information content (AvgIpc) is 2.63. The lowest BCUT2D eigenvalue weighted by atomic mass is 9.82. The Bertz CT molecular complexity index is 682. The van der Waals surface area contributed by atoms with E-state index in [1.54, 1.807) is 0 Å². The summed E-state index contributed by atoms with van der Waals surface area (Å²) in [5.74, 6) is 0.424. The summed E-state index contributed by atoms with van der Waals surface area (Å²) in [6.07, 6.45) is 5.78. The minimum atomic E-state index is 0.0643. The first-order valence-electron chi connectivity index (χ1n) is 8.46. The molecular formula is C21H22O2. The molecule has 2 nitrogen and oxygen atoms in total. The van der Waals surface area contributed by atoms with Gasteiger partial charge in [-0.05, 0) is 18.4 Å². The van der Waals surface area contributed by atoms with Crippen molar-refractivity contribution in [1.82, 2.24) is 0 Å². The van der Waals surface area contributed by atoms with Gasteiger partial charge >= 0.3 is 0 Å². The van der Waals surface area contributed by atoms with E-state index in [9.17, 15) is 9.59 Å². The third-order valence-corrected chi connectivity index (χ3v) is 4.71. The molecule has 1 aliphatic carbocycles. The van der Waals surface area contributed by atoms with Gasteiger partial charge in [0.2, 0.25) is 0 Å². The zero-order chi connectivity index (χ0) is 16.1. The molecular weight excluding hydrogens is 284 g/mol. The van der Waals surface area contributed by atoms with Crippen LogP contribution in [-0.2, 0) is 6.42 Å². The van der Waals surface area contributed by atoms with Crippen molar-refractivity contribution in [3.8, 4) is 0 Å². The van der Waals surface area contributed by atoms with E-state index in [4.69, 9.17) is 0 Å². The van der Waals surface area contributed by atoms with Gasteiger partial charge in [0.05, 0.1) is 0 Å². The van der Waals surface area contributed by atoms with Crippen LogP contribution in [0.4, 0.5) is 0 Å². The van der Waals surface area contributed by atoms with Gasteiger partial charge in [0, 0.05) is 23.5 Å². The summed E-state index contributed by atoms with van der Waals surface area (Å²) in [6.45, 7) is 0. The second-order valence-corrected chi connectivity index (χ2v) is 6.32. The second-order valence-electron chi connectivity index (χ2n) is 6.32. The molecule has 2 aromatic rings. The average molecular weight is 306 g/mol. The first-order chi connectivity index (χ1) is 11.3. The molecule has 2 heteroatoms. The van der Waals surface area contributed by atoms with Gasteiger partial charge in [0.15, 0.2) is 11.6 Å². The largest absolute Gasteiger partial charge is 0.294 e. The van der Waals surface area contributed by atoms with Crippen molar-refractivity contribution in [2.24, 2.45) is 5.92 Å². The Labute approximate surface area is 137 Å². The van der Waals surface area contributed by atoms with Crippen LogP contribution in [-0.4, -0.2) is 11.6 Å². The number of rotatable bonds is 5. The van der Waals surface area contributed by atoms with Gasteiger partial charge in [-0.2, -0.15) is 0 Å². The highest BCUT2D eigenvalue weighted by atomic mass is 16.1. The van der Waals surface area contributed by atoms with Gasteiger partial charge in [-0.3, -0.25) is 9.59 Å². The monoisotopic (exact) mass is 306 g/mol. The molecule has 0 spiro atoms. The number of hydrogen-bond donors (Lipinski definition) is 0. The van der Waals surface area contributed by atoms with E-state index < -0.39 is 0 Å². The lowest BCUT2D eigenvalue weighted by Crippen LogP contribution is -2.20. The highest BCUT2D eigenvalue weighted by Gasteiger charge is 2.24. The van der Waals surface area contributed by atoms with Crippen molar-refractivity contribution < 1.29 is 9.59 Å². The Balaban J connectivity index is 1.80. The molecule has 1 aliphatic rings. The summed E-state index contributed by atoms with van der Waals surface area (Å²) >= 11 is 0. The summed E-state index contributed by atoms with van der Waals surface area (Å²) in [5.41, 5.74) is 2.30. The first-order valence-corrected chi connectivity index (χ1v) is 8.46. The van der Waals surface area contributed by atoms with E-state index >= 15 is 0 Å². The van der Waals surface area contributed by atoms with Crippen molar-refractivity contribution in [1.29, 1.82) is 0 Å². The van der Waals surface area contributed by atoms with Gasteiger partial charge < -0.3 is 0 Å². The number of benzene rings is 2. The molecule has 0 N–H and O–H groups in total. The molecule has 0 bridgehead atoms. The minimum Gasteiger partial charge on any atom is -0.294 e. The summed E-state index contributed by atoms with van der Waals surface area (Å²) < 4.78 is 0. The van der Waals surface area contributed by atoms with Gasteiger partial charge in [-0.15, -0.1) is 0 Å². The maximum Gasteiger partial charge on any atom is 0.167 e. The Morgan fingerprint density at radius 1 is 0.826 bits per heavy atom. The topological polar surface area (TPSA) is 34.1 Å². The van der Waals surface area contributed by atoms with Crippen molar-refractivity contribution in [3.05, 3.63) is 71.3 Å². The van der Waals surface area contributed by atoms with Crippen molar-refractivity contribution >= 4 is 11.6 Å². The molecule has 0 unspecified atom stereocenters. The van der Waals surface area contributed by atoms with Crippen LogP contribution < -0.4 is 0 Å². The van der Waals surface area contributed by atoms with E-state index in [2.05, 4.69) is 0 Å². The molecule has 23 heavy (non-hydrogen) atoms. The molecule has 118 valence electrons. The smallest absolute Gasteiger partial charge is 0.167 e. The number of carbonyl (C=O) groups is 2. The van der Waals surface area contributed by atoms with E-state index in [0.29, 0.717) is 12.0 Å².